The molecule has 2 rings (SSSR count). The van der Waals surface area contributed by atoms with E-state index in [1.807, 2.05) is 0 Å². The van der Waals surface area contributed by atoms with Crippen molar-refractivity contribution in [2.75, 3.05) is 0 Å². The molecule has 1 unspecified atom stereocenters. The summed E-state index contributed by atoms with van der Waals surface area (Å²) >= 11 is 0. The second-order valence-corrected chi connectivity index (χ2v) is 6.15. The van der Waals surface area contributed by atoms with Gasteiger partial charge in [-0.25, -0.2) is 0 Å². The van der Waals surface area contributed by atoms with Crippen LogP contribution in [0.5, 0.6) is 0 Å². The molecule has 0 spiro atoms. The molecule has 90 valence electrons. The molecule has 1 heterocycles. The highest BCUT2D eigenvalue weighted by atomic mass is 16.4. The zero-order valence-electron chi connectivity index (χ0n) is 10.4. The topological polar surface area (TPSA) is 40.5 Å². The van der Waals surface area contributed by atoms with Gasteiger partial charge in [-0.2, -0.15) is 0 Å². The molecule has 1 aliphatic heterocycles. The van der Waals surface area contributed by atoms with E-state index in [-0.39, 0.29) is 11.6 Å². The van der Waals surface area contributed by atoms with Crippen LogP contribution in [0.4, 0.5) is 0 Å². The maximum atomic E-state index is 11.3. The lowest BCUT2D eigenvalue weighted by Crippen LogP contribution is -2.51. The summed E-state index contributed by atoms with van der Waals surface area (Å²) in [5.74, 6) is -0.164. The molecule has 1 aliphatic carbocycles. The molecule has 0 aromatic carbocycles. The van der Waals surface area contributed by atoms with E-state index < -0.39 is 5.97 Å². The van der Waals surface area contributed by atoms with Crippen LogP contribution in [0.15, 0.2) is 12.2 Å². The third kappa shape index (κ3) is 1.77. The maximum absolute atomic E-state index is 11.3. The monoisotopic (exact) mass is 223 g/mol. The Bertz CT molecular complexity index is 329. The Hall–Kier alpha value is -0.830. The van der Waals surface area contributed by atoms with Crippen LogP contribution in [0.3, 0.4) is 0 Å². The molecule has 2 aliphatic rings. The number of fused-ring (bicyclic) bond motifs is 1. The van der Waals surface area contributed by atoms with Gasteiger partial charge in [-0.05, 0) is 46.0 Å². The summed E-state index contributed by atoms with van der Waals surface area (Å²) < 4.78 is 0. The van der Waals surface area contributed by atoms with Crippen molar-refractivity contribution < 1.29 is 9.90 Å². The summed E-state index contributed by atoms with van der Waals surface area (Å²) in [6.45, 7) is 10.4. The first-order chi connectivity index (χ1) is 7.30. The van der Waals surface area contributed by atoms with Crippen molar-refractivity contribution in [3.8, 4) is 0 Å². The Morgan fingerprint density at radius 2 is 2.06 bits per heavy atom. The van der Waals surface area contributed by atoms with E-state index in [1.165, 1.54) is 5.57 Å². The standard InChI is InChI=1S/C13H21NO2/c1-8-5-9-7-11(12(15)16)14(10(9)6-8)13(2,3)4/h9-11H,1,5-7H2,2-4H3,(H,15,16)/t9-,10+,11?/m0/s1. The zero-order chi connectivity index (χ0) is 12.1. The third-order valence-corrected chi connectivity index (χ3v) is 3.87. The van der Waals surface area contributed by atoms with Gasteiger partial charge in [0, 0.05) is 11.6 Å². The van der Waals surface area contributed by atoms with E-state index in [4.69, 9.17) is 0 Å². The summed E-state index contributed by atoms with van der Waals surface area (Å²) in [7, 11) is 0. The fraction of sp³-hybridized carbons (Fsp3) is 0.769. The Morgan fingerprint density at radius 3 is 2.56 bits per heavy atom. The molecular weight excluding hydrogens is 202 g/mol. The van der Waals surface area contributed by atoms with E-state index in [2.05, 4.69) is 32.3 Å². The van der Waals surface area contributed by atoms with Gasteiger partial charge in [0.15, 0.2) is 0 Å². The van der Waals surface area contributed by atoms with Crippen LogP contribution >= 0.6 is 0 Å². The van der Waals surface area contributed by atoms with Crippen LogP contribution in [0.2, 0.25) is 0 Å². The molecule has 0 bridgehead atoms. The number of hydrogen-bond acceptors (Lipinski definition) is 2. The van der Waals surface area contributed by atoms with E-state index in [0.29, 0.717) is 12.0 Å². The van der Waals surface area contributed by atoms with Crippen LogP contribution in [0, 0.1) is 5.92 Å². The molecule has 0 amide bonds. The van der Waals surface area contributed by atoms with E-state index in [1.54, 1.807) is 0 Å². The Balaban J connectivity index is 2.28. The second-order valence-electron chi connectivity index (χ2n) is 6.15. The molecule has 0 aromatic rings. The van der Waals surface area contributed by atoms with Gasteiger partial charge in [0.25, 0.3) is 0 Å². The van der Waals surface area contributed by atoms with Crippen LogP contribution in [-0.4, -0.2) is 33.6 Å². The van der Waals surface area contributed by atoms with Crippen LogP contribution in [-0.2, 0) is 4.79 Å². The predicted octanol–water partition coefficient (Wildman–Crippen LogP) is 2.28. The number of carboxylic acids is 1. The smallest absolute Gasteiger partial charge is 0.320 e. The quantitative estimate of drug-likeness (QED) is 0.693. The van der Waals surface area contributed by atoms with E-state index in [0.717, 1.165) is 19.3 Å². The van der Waals surface area contributed by atoms with Crippen LogP contribution < -0.4 is 0 Å². The number of carboxylic acid groups (broad SMARTS) is 1. The highest BCUT2D eigenvalue weighted by Gasteiger charge is 2.51. The highest BCUT2D eigenvalue weighted by Crippen LogP contribution is 2.46. The average molecular weight is 223 g/mol. The normalized spacial score (nSPS) is 35.4. The van der Waals surface area contributed by atoms with Crippen LogP contribution in [0.25, 0.3) is 0 Å². The minimum Gasteiger partial charge on any atom is -0.480 e. The lowest BCUT2D eigenvalue weighted by atomic mass is 10.0. The maximum Gasteiger partial charge on any atom is 0.320 e. The first-order valence-corrected chi connectivity index (χ1v) is 5.98. The molecule has 2 fully saturated rings. The molecule has 1 saturated carbocycles. The van der Waals surface area contributed by atoms with Crippen molar-refractivity contribution in [1.29, 1.82) is 0 Å². The molecule has 0 radical (unpaired) electrons. The van der Waals surface area contributed by atoms with E-state index in [9.17, 15) is 9.90 Å². The van der Waals surface area contributed by atoms with Crippen molar-refractivity contribution in [3.05, 3.63) is 12.2 Å². The van der Waals surface area contributed by atoms with Crippen molar-refractivity contribution in [2.45, 2.75) is 57.7 Å². The lowest BCUT2D eigenvalue weighted by molar-refractivity contribution is -0.144. The minimum absolute atomic E-state index is 0.0763. The first kappa shape index (κ1) is 11.6. The fourth-order valence-corrected chi connectivity index (χ4v) is 3.43. The number of likely N-dealkylation sites (tertiary alicyclic amines) is 1. The molecule has 3 atom stereocenters. The highest BCUT2D eigenvalue weighted by molar-refractivity contribution is 5.74. The molecule has 16 heavy (non-hydrogen) atoms. The third-order valence-electron chi connectivity index (χ3n) is 3.87. The van der Waals surface area contributed by atoms with Gasteiger partial charge in [-0.3, -0.25) is 9.69 Å². The van der Waals surface area contributed by atoms with Crippen molar-refractivity contribution in [1.82, 2.24) is 4.90 Å². The minimum atomic E-state index is -0.671. The van der Waals surface area contributed by atoms with E-state index >= 15 is 0 Å². The number of nitrogens with zero attached hydrogens (tertiary/aromatic N) is 1. The number of rotatable bonds is 1. The molecule has 0 aromatic heterocycles. The van der Waals surface area contributed by atoms with Crippen molar-refractivity contribution in [2.24, 2.45) is 5.92 Å². The second kappa shape index (κ2) is 3.59. The van der Waals surface area contributed by atoms with Gasteiger partial charge < -0.3 is 5.11 Å². The number of aliphatic carboxylic acids is 1. The van der Waals surface area contributed by atoms with Crippen molar-refractivity contribution in [3.63, 3.8) is 0 Å². The summed E-state index contributed by atoms with van der Waals surface area (Å²) in [5, 5.41) is 9.30. The lowest BCUT2D eigenvalue weighted by Gasteiger charge is -2.39. The molecule has 3 nitrogen and oxygen atoms in total. The van der Waals surface area contributed by atoms with Gasteiger partial charge >= 0.3 is 5.97 Å². The first-order valence-electron chi connectivity index (χ1n) is 5.98. The number of carbonyl (C=O) groups is 1. The van der Waals surface area contributed by atoms with Crippen LogP contribution in [0.1, 0.15) is 40.0 Å². The fourth-order valence-electron chi connectivity index (χ4n) is 3.43. The van der Waals surface area contributed by atoms with Crippen molar-refractivity contribution >= 4 is 5.97 Å². The molecule has 1 saturated heterocycles. The Morgan fingerprint density at radius 1 is 1.44 bits per heavy atom. The largest absolute Gasteiger partial charge is 0.480 e. The van der Waals surface area contributed by atoms with Gasteiger partial charge in [-0.1, -0.05) is 12.2 Å². The van der Waals surface area contributed by atoms with Gasteiger partial charge in [0.1, 0.15) is 6.04 Å². The summed E-state index contributed by atoms with van der Waals surface area (Å²) in [6, 6.07) is 0.0942. The summed E-state index contributed by atoms with van der Waals surface area (Å²) in [4.78, 5) is 13.5. The zero-order valence-corrected chi connectivity index (χ0v) is 10.4. The van der Waals surface area contributed by atoms with Gasteiger partial charge in [-0.15, -0.1) is 0 Å². The van der Waals surface area contributed by atoms with Gasteiger partial charge in [0.05, 0.1) is 0 Å². The molecule has 3 heteroatoms. The summed E-state index contributed by atoms with van der Waals surface area (Å²) in [5.41, 5.74) is 1.21. The molecule has 1 N–H and O–H groups in total. The predicted molar refractivity (Wildman–Crippen MR) is 63.3 cm³/mol. The SMILES string of the molecule is C=C1C[C@H]2CC(C(=O)O)N(C(C)(C)C)[C@@H]2C1. The Labute approximate surface area is 97.1 Å². The number of hydrogen-bond donors (Lipinski definition) is 1. The molecular formula is C13H21NO2. The average Bonchev–Trinajstić information content (AvgIpc) is 2.56. The van der Waals surface area contributed by atoms with Gasteiger partial charge in [0.2, 0.25) is 0 Å². The Kier molecular flexibility index (Phi) is 2.61. The summed E-state index contributed by atoms with van der Waals surface area (Å²) in [6.07, 6.45) is 2.78.